The molecule has 0 spiro atoms. The van der Waals surface area contributed by atoms with Crippen molar-refractivity contribution >= 4 is 34.2 Å². The number of hydrogen-bond donors (Lipinski definition) is 0. The maximum atomic E-state index is 14.0. The normalized spacial score (nSPS) is 14.6. The van der Waals surface area contributed by atoms with Crippen molar-refractivity contribution in [1.29, 1.82) is 0 Å². The van der Waals surface area contributed by atoms with Crippen LogP contribution >= 0.6 is 0 Å². The molecule has 7 nitrogen and oxygen atoms in total. The Bertz CT molecular complexity index is 2920. The van der Waals surface area contributed by atoms with Gasteiger partial charge >= 0.3 is 0 Å². The number of hydrogen-bond acceptors (Lipinski definition) is 7. The van der Waals surface area contributed by atoms with Gasteiger partial charge in [-0.15, -0.1) is 0 Å². The van der Waals surface area contributed by atoms with E-state index in [9.17, 15) is 9.59 Å². The number of ether oxygens (including phenoxy) is 1. The van der Waals surface area contributed by atoms with E-state index in [0.717, 1.165) is 93.9 Å². The van der Waals surface area contributed by atoms with Gasteiger partial charge in [-0.3, -0.25) is 19.4 Å². The van der Waals surface area contributed by atoms with Crippen LogP contribution in [0.1, 0.15) is 32.6 Å². The topological polar surface area (TPSA) is 56.3 Å². The van der Waals surface area contributed by atoms with Gasteiger partial charge in [-0.1, -0.05) is 115 Å². The minimum Gasteiger partial charge on any atom is -0.457 e. The Labute approximate surface area is 381 Å². The van der Waals surface area contributed by atoms with E-state index in [0.29, 0.717) is 11.1 Å². The van der Waals surface area contributed by atoms with Crippen molar-refractivity contribution in [3.63, 3.8) is 0 Å². The molecule has 0 atom stereocenters. The van der Waals surface area contributed by atoms with Crippen molar-refractivity contribution in [2.45, 2.75) is 13.1 Å². The molecule has 321 valence electrons. The SMILES string of the molecule is O=[C]c1ccc(N2CCN(Cc3ccccc3-c3ccc(Oc4ccccc4)cc3)CC2)cc1C(=O)c1ccc(N2CCN(Cc3ccccc3-c3ccc4ccccc4c3)CC2)cc1. The molecule has 2 heterocycles. The average molecular weight is 852 g/mol. The highest BCUT2D eigenvalue weighted by molar-refractivity contribution is 6.13. The van der Waals surface area contributed by atoms with E-state index < -0.39 is 0 Å². The van der Waals surface area contributed by atoms with Crippen LogP contribution in [0.2, 0.25) is 0 Å². The summed E-state index contributed by atoms with van der Waals surface area (Å²) in [5, 5.41) is 2.51. The molecule has 8 aromatic rings. The third kappa shape index (κ3) is 9.48. The minimum absolute atomic E-state index is 0.165. The van der Waals surface area contributed by atoms with Crippen LogP contribution in [0.3, 0.4) is 0 Å². The van der Waals surface area contributed by atoms with Gasteiger partial charge in [-0.05, 0) is 117 Å². The number of para-hydroxylation sites is 1. The second kappa shape index (κ2) is 19.2. The zero-order valence-electron chi connectivity index (χ0n) is 36.5. The predicted octanol–water partition coefficient (Wildman–Crippen LogP) is 11.3. The fourth-order valence-electron chi connectivity index (χ4n) is 9.36. The summed E-state index contributed by atoms with van der Waals surface area (Å²) in [5.41, 5.74) is 10.8. The summed E-state index contributed by atoms with van der Waals surface area (Å²) in [4.78, 5) is 35.9. The molecule has 10 rings (SSSR count). The number of piperazine rings is 2. The third-order valence-electron chi connectivity index (χ3n) is 13.0. The molecule has 1 radical (unpaired) electrons. The molecule has 0 saturated carbocycles. The number of rotatable bonds is 13. The Morgan fingerprint density at radius 2 is 0.985 bits per heavy atom. The van der Waals surface area contributed by atoms with Crippen molar-refractivity contribution in [3.05, 3.63) is 216 Å². The zero-order valence-corrected chi connectivity index (χ0v) is 36.5. The van der Waals surface area contributed by atoms with Crippen LogP contribution in [0.5, 0.6) is 11.5 Å². The summed E-state index contributed by atoms with van der Waals surface area (Å²) in [6.07, 6.45) is 2.03. The van der Waals surface area contributed by atoms with Gasteiger partial charge in [0.1, 0.15) is 11.5 Å². The first kappa shape index (κ1) is 41.7. The Hall–Kier alpha value is -7.32. The van der Waals surface area contributed by atoms with Gasteiger partial charge in [0, 0.05) is 93.5 Å². The van der Waals surface area contributed by atoms with Crippen LogP contribution in [0, 0.1) is 0 Å². The maximum absolute atomic E-state index is 14.0. The first-order chi connectivity index (χ1) is 32.0. The molecule has 0 N–H and O–H groups in total. The molecule has 0 aromatic heterocycles. The van der Waals surface area contributed by atoms with Gasteiger partial charge < -0.3 is 14.5 Å². The molecule has 2 fully saturated rings. The molecule has 0 amide bonds. The largest absolute Gasteiger partial charge is 0.457 e. The standard InChI is InChI=1S/C58H51N4O3/c63-42-50-22-27-52(62-36-32-60(33-37-62)40-48-12-6-8-16-55(48)44-23-28-54(29-24-44)65-53-14-2-1-3-15-53)39-57(50)58(64)45-20-25-51(26-21-45)61-34-30-59(31-35-61)41-49-13-7-9-17-56(49)47-19-18-43-10-4-5-11-46(43)38-47/h1-29,38-39H,30-37,40-41H2. The van der Waals surface area contributed by atoms with Crippen molar-refractivity contribution in [1.82, 2.24) is 9.80 Å². The van der Waals surface area contributed by atoms with Gasteiger partial charge in [-0.25, -0.2) is 0 Å². The van der Waals surface area contributed by atoms with Crippen molar-refractivity contribution in [3.8, 4) is 33.8 Å². The van der Waals surface area contributed by atoms with Crippen LogP contribution in [-0.4, -0.2) is 74.2 Å². The highest BCUT2D eigenvalue weighted by atomic mass is 16.5. The zero-order chi connectivity index (χ0) is 44.0. The van der Waals surface area contributed by atoms with E-state index in [1.807, 2.05) is 85.1 Å². The van der Waals surface area contributed by atoms with Gasteiger partial charge in [0.25, 0.3) is 0 Å². The molecule has 0 unspecified atom stereocenters. The summed E-state index contributed by atoms with van der Waals surface area (Å²) >= 11 is 0. The second-order valence-corrected chi connectivity index (χ2v) is 17.1. The second-order valence-electron chi connectivity index (χ2n) is 17.1. The molecule has 8 aromatic carbocycles. The maximum Gasteiger partial charge on any atom is 0.234 e. The Balaban J connectivity index is 0.744. The highest BCUT2D eigenvalue weighted by Gasteiger charge is 2.23. The fourth-order valence-corrected chi connectivity index (χ4v) is 9.36. The molecule has 2 aliphatic heterocycles. The minimum atomic E-state index is -0.165. The van der Waals surface area contributed by atoms with E-state index in [4.69, 9.17) is 4.74 Å². The number of anilines is 2. The van der Waals surface area contributed by atoms with E-state index in [1.54, 1.807) is 6.07 Å². The highest BCUT2D eigenvalue weighted by Crippen LogP contribution is 2.32. The van der Waals surface area contributed by atoms with Crippen LogP contribution in [-0.2, 0) is 17.9 Å². The van der Waals surface area contributed by atoms with Crippen molar-refractivity contribution < 1.29 is 14.3 Å². The molecule has 2 saturated heterocycles. The van der Waals surface area contributed by atoms with Crippen molar-refractivity contribution in [2.24, 2.45) is 0 Å². The number of ketones is 1. The first-order valence-corrected chi connectivity index (χ1v) is 22.6. The van der Waals surface area contributed by atoms with E-state index >= 15 is 0 Å². The summed E-state index contributed by atoms with van der Waals surface area (Å²) in [5.74, 6) is 1.46. The summed E-state index contributed by atoms with van der Waals surface area (Å²) in [7, 11) is 0. The smallest absolute Gasteiger partial charge is 0.234 e. The number of benzene rings is 8. The van der Waals surface area contributed by atoms with Gasteiger partial charge in [-0.2, -0.15) is 0 Å². The summed E-state index contributed by atoms with van der Waals surface area (Å²) in [6.45, 7) is 8.78. The van der Waals surface area contributed by atoms with Crippen LogP contribution in [0.4, 0.5) is 11.4 Å². The van der Waals surface area contributed by atoms with Crippen molar-refractivity contribution in [2.75, 3.05) is 62.2 Å². The number of fused-ring (bicyclic) bond motifs is 1. The van der Waals surface area contributed by atoms with Crippen LogP contribution in [0.15, 0.2) is 188 Å². The van der Waals surface area contributed by atoms with Gasteiger partial charge in [0.15, 0.2) is 5.78 Å². The molecular weight excluding hydrogens is 801 g/mol. The third-order valence-corrected chi connectivity index (χ3v) is 13.0. The van der Waals surface area contributed by atoms with E-state index in [2.05, 4.69) is 123 Å². The average Bonchev–Trinajstić information content (AvgIpc) is 3.37. The molecular formula is C58H51N4O3. The fraction of sp³-hybridized carbons (Fsp3) is 0.172. The Morgan fingerprint density at radius 1 is 0.462 bits per heavy atom. The number of nitrogens with zero attached hydrogens (tertiary/aromatic N) is 4. The lowest BCUT2D eigenvalue weighted by atomic mass is 9.96. The van der Waals surface area contributed by atoms with E-state index in [1.165, 1.54) is 38.6 Å². The lowest BCUT2D eigenvalue weighted by Crippen LogP contribution is -2.46. The van der Waals surface area contributed by atoms with Gasteiger partial charge in [0.05, 0.1) is 0 Å². The summed E-state index contributed by atoms with van der Waals surface area (Å²) < 4.78 is 6.03. The van der Waals surface area contributed by atoms with E-state index in [-0.39, 0.29) is 11.3 Å². The molecule has 0 aliphatic carbocycles. The van der Waals surface area contributed by atoms with Crippen LogP contribution < -0.4 is 14.5 Å². The molecule has 2 aliphatic rings. The monoisotopic (exact) mass is 851 g/mol. The quantitative estimate of drug-likeness (QED) is 0.107. The molecule has 65 heavy (non-hydrogen) atoms. The number of carbonyl (C=O) groups excluding carboxylic acids is 2. The lowest BCUT2D eigenvalue weighted by Gasteiger charge is -2.36. The molecule has 0 bridgehead atoms. The lowest BCUT2D eigenvalue weighted by molar-refractivity contribution is 0.103. The predicted molar refractivity (Wildman–Crippen MR) is 264 cm³/mol. The van der Waals surface area contributed by atoms with Crippen LogP contribution in [0.25, 0.3) is 33.0 Å². The van der Waals surface area contributed by atoms with Gasteiger partial charge in [0.2, 0.25) is 6.29 Å². The summed E-state index contributed by atoms with van der Waals surface area (Å²) in [6, 6.07) is 64.2. The number of carbonyl (C=O) groups is 1. The Morgan fingerprint density at radius 3 is 1.63 bits per heavy atom. The Kier molecular flexibility index (Phi) is 12.3. The molecule has 7 heteroatoms. The first-order valence-electron chi connectivity index (χ1n) is 22.6.